The molecule has 3 rings (SSSR count). The van der Waals surface area contributed by atoms with Crippen LogP contribution in [0.25, 0.3) is 0 Å². The van der Waals surface area contributed by atoms with Crippen molar-refractivity contribution in [3.63, 3.8) is 0 Å². The van der Waals surface area contributed by atoms with Crippen molar-refractivity contribution in [2.45, 2.75) is 29.1 Å². The van der Waals surface area contributed by atoms with Crippen molar-refractivity contribution >= 4 is 40.8 Å². The van der Waals surface area contributed by atoms with Gasteiger partial charge >= 0.3 is 5.69 Å². The van der Waals surface area contributed by atoms with Gasteiger partial charge in [-0.05, 0) is 30.7 Å². The highest BCUT2D eigenvalue weighted by molar-refractivity contribution is 7.99. The molecule has 0 radical (unpaired) electrons. The molecule has 0 amide bonds. The fourth-order valence-corrected chi connectivity index (χ4v) is 3.14. The third kappa shape index (κ3) is 2.51. The van der Waals surface area contributed by atoms with Gasteiger partial charge in [0.1, 0.15) is 5.03 Å². The number of rotatable bonds is 4. The Bertz CT molecular complexity index is 710. The lowest BCUT2D eigenvalue weighted by Gasteiger charge is -2.08. The molecule has 0 saturated heterocycles. The van der Waals surface area contributed by atoms with Gasteiger partial charge in [0, 0.05) is 6.04 Å². The number of nitrogens with zero attached hydrogens (tertiary/aromatic N) is 3. The van der Waals surface area contributed by atoms with Crippen LogP contribution in [0.3, 0.4) is 0 Å². The van der Waals surface area contributed by atoms with Gasteiger partial charge in [-0.15, -0.1) is 5.10 Å². The first kappa shape index (κ1) is 13.7. The highest BCUT2D eigenvalue weighted by atomic mass is 35.5. The quantitative estimate of drug-likeness (QED) is 0.585. The van der Waals surface area contributed by atoms with Crippen molar-refractivity contribution in [3.05, 3.63) is 26.6 Å². The normalized spacial score (nSPS) is 14.6. The SMILES string of the molecule is NNc1nc(Sc2n[nH]c(=O)n2C2CC2)c(Cl)cc1Cl. The van der Waals surface area contributed by atoms with E-state index in [0.29, 0.717) is 26.0 Å². The number of nitrogen functional groups attached to an aromatic ring is 1. The maximum absolute atomic E-state index is 11.7. The minimum absolute atomic E-state index is 0.210. The largest absolute Gasteiger partial charge is 0.344 e. The fourth-order valence-electron chi connectivity index (χ4n) is 1.73. The second-order valence-corrected chi connectivity index (χ2v) is 6.04. The van der Waals surface area contributed by atoms with Crippen molar-refractivity contribution in [2.24, 2.45) is 5.84 Å². The fraction of sp³-hybridized carbons (Fsp3) is 0.300. The Morgan fingerprint density at radius 1 is 1.45 bits per heavy atom. The van der Waals surface area contributed by atoms with E-state index in [2.05, 4.69) is 20.6 Å². The molecular formula is C10H10Cl2N6OS. The minimum Gasteiger partial charge on any atom is -0.307 e. The summed E-state index contributed by atoms with van der Waals surface area (Å²) < 4.78 is 1.62. The number of aromatic amines is 1. The molecule has 0 aliphatic heterocycles. The van der Waals surface area contributed by atoms with Gasteiger partial charge in [0.2, 0.25) is 0 Å². The molecule has 2 heterocycles. The van der Waals surface area contributed by atoms with Crippen LogP contribution in [-0.2, 0) is 0 Å². The predicted octanol–water partition coefficient (Wildman–Crippen LogP) is 2.04. The molecule has 4 N–H and O–H groups in total. The minimum atomic E-state index is -0.225. The van der Waals surface area contributed by atoms with Gasteiger partial charge in [-0.2, -0.15) is 0 Å². The molecule has 0 atom stereocenters. The summed E-state index contributed by atoms with van der Waals surface area (Å²) in [5, 5.41) is 8.13. The van der Waals surface area contributed by atoms with Crippen molar-refractivity contribution in [1.82, 2.24) is 19.7 Å². The Morgan fingerprint density at radius 2 is 2.20 bits per heavy atom. The first-order valence-electron chi connectivity index (χ1n) is 5.77. The summed E-state index contributed by atoms with van der Waals surface area (Å²) in [7, 11) is 0. The lowest BCUT2D eigenvalue weighted by Crippen LogP contribution is -2.16. The van der Waals surface area contributed by atoms with Crippen LogP contribution >= 0.6 is 35.0 Å². The lowest BCUT2D eigenvalue weighted by atomic mass is 10.4. The van der Waals surface area contributed by atoms with Gasteiger partial charge in [-0.3, -0.25) is 4.57 Å². The summed E-state index contributed by atoms with van der Waals surface area (Å²) in [6, 6.07) is 1.75. The van der Waals surface area contributed by atoms with Crippen LogP contribution in [0.2, 0.25) is 10.0 Å². The summed E-state index contributed by atoms with van der Waals surface area (Å²) in [4.78, 5) is 15.9. The van der Waals surface area contributed by atoms with Crippen LogP contribution in [0, 0.1) is 0 Å². The number of hydrogen-bond acceptors (Lipinski definition) is 6. The number of nitrogens with two attached hydrogens (primary N) is 1. The molecule has 2 aromatic rings. The topological polar surface area (TPSA) is 102 Å². The molecule has 106 valence electrons. The van der Waals surface area contributed by atoms with Gasteiger partial charge in [0.05, 0.1) is 10.0 Å². The summed E-state index contributed by atoms with van der Waals surface area (Å²) in [5.74, 6) is 5.64. The molecule has 2 aromatic heterocycles. The monoisotopic (exact) mass is 332 g/mol. The maximum atomic E-state index is 11.7. The van der Waals surface area contributed by atoms with Crippen LogP contribution < -0.4 is 17.0 Å². The predicted molar refractivity (Wildman–Crippen MR) is 77.3 cm³/mol. The molecule has 1 aliphatic carbocycles. The molecule has 0 aromatic carbocycles. The van der Waals surface area contributed by atoms with Gasteiger partial charge in [-0.25, -0.2) is 20.7 Å². The van der Waals surface area contributed by atoms with E-state index in [0.717, 1.165) is 12.8 Å². The Hall–Kier alpha value is -1.22. The van der Waals surface area contributed by atoms with Crippen LogP contribution in [0.5, 0.6) is 0 Å². The standard InChI is InChI=1S/C10H10Cl2N6OS/c11-5-3-6(12)8(14-7(5)15-13)20-10-17-16-9(19)18(10)4-1-2-4/h3-4H,1-2,13H2,(H,14,15)(H,16,19). The third-order valence-electron chi connectivity index (χ3n) is 2.81. The number of pyridine rings is 1. The van der Waals surface area contributed by atoms with Crippen molar-refractivity contribution in [2.75, 3.05) is 5.43 Å². The number of nitrogens with one attached hydrogen (secondary N) is 2. The summed E-state index contributed by atoms with van der Waals surface area (Å²) in [5.41, 5.74) is 2.17. The number of hydrazine groups is 1. The van der Waals surface area contributed by atoms with Crippen molar-refractivity contribution < 1.29 is 0 Å². The van der Waals surface area contributed by atoms with E-state index in [1.165, 1.54) is 11.8 Å². The van der Waals surface area contributed by atoms with E-state index in [1.807, 2.05) is 0 Å². The third-order valence-corrected chi connectivity index (χ3v) is 4.47. The van der Waals surface area contributed by atoms with Crippen LogP contribution in [0.15, 0.2) is 21.0 Å². The lowest BCUT2D eigenvalue weighted by molar-refractivity contribution is 0.642. The summed E-state index contributed by atoms with van der Waals surface area (Å²) in [6.45, 7) is 0. The van der Waals surface area contributed by atoms with Crippen molar-refractivity contribution in [1.29, 1.82) is 0 Å². The van der Waals surface area contributed by atoms with E-state index in [9.17, 15) is 4.79 Å². The Kier molecular flexibility index (Phi) is 3.63. The maximum Gasteiger partial charge on any atom is 0.344 e. The Morgan fingerprint density at radius 3 is 2.85 bits per heavy atom. The number of aromatic nitrogens is 4. The summed E-state index contributed by atoms with van der Waals surface area (Å²) in [6.07, 6.45) is 1.95. The molecule has 0 spiro atoms. The van der Waals surface area contributed by atoms with E-state index in [1.54, 1.807) is 10.6 Å². The molecule has 0 bridgehead atoms. The first-order chi connectivity index (χ1) is 9.60. The Balaban J connectivity index is 1.97. The molecule has 10 heteroatoms. The zero-order valence-electron chi connectivity index (χ0n) is 10.1. The molecule has 0 unspecified atom stereocenters. The number of halogens is 2. The number of H-pyrrole nitrogens is 1. The van der Waals surface area contributed by atoms with E-state index >= 15 is 0 Å². The molecular weight excluding hydrogens is 323 g/mol. The second-order valence-electron chi connectivity index (χ2n) is 4.26. The zero-order chi connectivity index (χ0) is 14.3. The molecule has 1 aliphatic rings. The number of anilines is 1. The van der Waals surface area contributed by atoms with E-state index in [4.69, 9.17) is 29.0 Å². The van der Waals surface area contributed by atoms with Crippen molar-refractivity contribution in [3.8, 4) is 0 Å². The van der Waals surface area contributed by atoms with Crippen LogP contribution in [0.1, 0.15) is 18.9 Å². The average Bonchev–Trinajstić information content (AvgIpc) is 3.18. The summed E-state index contributed by atoms with van der Waals surface area (Å²) >= 11 is 13.2. The van der Waals surface area contributed by atoms with E-state index < -0.39 is 0 Å². The molecule has 7 nitrogen and oxygen atoms in total. The molecule has 1 saturated carbocycles. The van der Waals surface area contributed by atoms with Gasteiger partial charge in [-0.1, -0.05) is 23.2 Å². The average molecular weight is 333 g/mol. The Labute approximate surface area is 127 Å². The van der Waals surface area contributed by atoms with Crippen LogP contribution in [-0.4, -0.2) is 19.7 Å². The smallest absolute Gasteiger partial charge is 0.307 e. The van der Waals surface area contributed by atoms with Crippen LogP contribution in [0.4, 0.5) is 5.82 Å². The number of hydrogen-bond donors (Lipinski definition) is 3. The second kappa shape index (κ2) is 5.28. The van der Waals surface area contributed by atoms with E-state index in [-0.39, 0.29) is 11.7 Å². The zero-order valence-corrected chi connectivity index (χ0v) is 12.4. The molecule has 1 fully saturated rings. The van der Waals surface area contributed by atoms with Gasteiger partial charge in [0.25, 0.3) is 0 Å². The van der Waals surface area contributed by atoms with Gasteiger partial charge in [0.15, 0.2) is 11.0 Å². The molecule has 20 heavy (non-hydrogen) atoms. The van der Waals surface area contributed by atoms with Gasteiger partial charge < -0.3 is 5.43 Å². The highest BCUT2D eigenvalue weighted by Gasteiger charge is 2.29. The highest BCUT2D eigenvalue weighted by Crippen LogP contribution is 2.39. The first-order valence-corrected chi connectivity index (χ1v) is 7.35.